The average Bonchev–Trinajstić information content (AvgIpc) is 3.36. The quantitative estimate of drug-likeness (QED) is 0.286. The Balaban J connectivity index is 1.62. The van der Waals surface area contributed by atoms with Crippen molar-refractivity contribution in [1.82, 2.24) is 0 Å². The van der Waals surface area contributed by atoms with Crippen molar-refractivity contribution < 1.29 is 47.9 Å². The standard InChI is InChI=1S/C29H44O10/c1-7-15(2)25(33)39-24-20(32)12-21-27(6,22-11-19-8-9-34-26(19)38-22)16(3)10-23(37-18(5)31)28(21,13-35-17(4)30)29(24)14-36-29/h15-16,19-24,26,32H,7-14H2,1-6H3/t15-,16-,19-,20-,21-,22+,23+,24+,26+,27+,28+,29-/m1/s1. The van der Waals surface area contributed by atoms with Crippen molar-refractivity contribution in [3.8, 4) is 0 Å². The molecule has 39 heavy (non-hydrogen) atoms. The highest BCUT2D eigenvalue weighted by Crippen LogP contribution is 2.70. The number of fused-ring (bicyclic) bond motifs is 3. The SMILES string of the molecule is CC[C@@H](C)C(=O)O[C@H]1[C@H](O)C[C@@H]2[C@@](C)([C@@H]3C[C@H]4CCO[C@H]4O3)[C@H](C)C[C@H](OC(C)=O)[C@@]2(COC(C)=O)[C@@]12CO2. The Morgan fingerprint density at radius 3 is 2.41 bits per heavy atom. The minimum absolute atomic E-state index is 0.0309. The summed E-state index contributed by atoms with van der Waals surface area (Å²) in [7, 11) is 0. The average molecular weight is 553 g/mol. The molecule has 12 atom stereocenters. The molecule has 5 fully saturated rings. The number of rotatable bonds is 7. The first-order valence-corrected chi connectivity index (χ1v) is 14.5. The van der Waals surface area contributed by atoms with E-state index in [9.17, 15) is 19.5 Å². The van der Waals surface area contributed by atoms with Crippen LogP contribution in [0.2, 0.25) is 0 Å². The number of carbonyl (C=O) groups excluding carboxylic acids is 3. The van der Waals surface area contributed by atoms with Crippen molar-refractivity contribution in [2.75, 3.05) is 19.8 Å². The van der Waals surface area contributed by atoms with Gasteiger partial charge in [0.2, 0.25) is 0 Å². The number of esters is 3. The lowest BCUT2D eigenvalue weighted by molar-refractivity contribution is -0.285. The third-order valence-corrected chi connectivity index (χ3v) is 10.9. The molecule has 2 saturated carbocycles. The molecule has 5 aliphatic rings. The van der Waals surface area contributed by atoms with E-state index in [-0.39, 0.29) is 49.8 Å². The van der Waals surface area contributed by atoms with Gasteiger partial charge in [-0.2, -0.15) is 0 Å². The lowest BCUT2D eigenvalue weighted by atomic mass is 9.41. The number of hydrogen-bond acceptors (Lipinski definition) is 10. The summed E-state index contributed by atoms with van der Waals surface area (Å²) in [5.74, 6) is -1.70. The molecule has 0 unspecified atom stereocenters. The largest absolute Gasteiger partial charge is 0.465 e. The fourth-order valence-electron chi connectivity index (χ4n) is 8.29. The molecule has 2 aliphatic carbocycles. The van der Waals surface area contributed by atoms with Crippen LogP contribution in [0.15, 0.2) is 0 Å². The molecule has 220 valence electrons. The third-order valence-electron chi connectivity index (χ3n) is 10.9. The molecular weight excluding hydrogens is 508 g/mol. The van der Waals surface area contributed by atoms with Crippen molar-refractivity contribution >= 4 is 17.9 Å². The molecule has 1 N–H and O–H groups in total. The molecule has 3 heterocycles. The van der Waals surface area contributed by atoms with E-state index in [2.05, 4.69) is 13.8 Å². The molecule has 0 bridgehead atoms. The summed E-state index contributed by atoms with van der Waals surface area (Å²) in [4.78, 5) is 37.7. The van der Waals surface area contributed by atoms with Gasteiger partial charge in [0.1, 0.15) is 18.3 Å². The van der Waals surface area contributed by atoms with Crippen LogP contribution in [-0.4, -0.2) is 79.1 Å². The van der Waals surface area contributed by atoms with Gasteiger partial charge in [-0.3, -0.25) is 14.4 Å². The molecule has 10 heteroatoms. The Morgan fingerprint density at radius 2 is 1.82 bits per heavy atom. The molecule has 0 amide bonds. The van der Waals surface area contributed by atoms with Crippen LogP contribution in [0.25, 0.3) is 0 Å². The van der Waals surface area contributed by atoms with Crippen LogP contribution < -0.4 is 0 Å². The lowest BCUT2D eigenvalue weighted by Gasteiger charge is -2.65. The van der Waals surface area contributed by atoms with Gasteiger partial charge in [0.05, 0.1) is 36.8 Å². The second kappa shape index (κ2) is 10.3. The van der Waals surface area contributed by atoms with E-state index < -0.39 is 52.7 Å². The van der Waals surface area contributed by atoms with E-state index in [1.54, 1.807) is 6.92 Å². The number of carbonyl (C=O) groups is 3. The summed E-state index contributed by atoms with van der Waals surface area (Å²) in [5, 5.41) is 11.6. The molecule has 0 radical (unpaired) electrons. The van der Waals surface area contributed by atoms with Gasteiger partial charge in [0.25, 0.3) is 0 Å². The maximum absolute atomic E-state index is 13.0. The van der Waals surface area contributed by atoms with Gasteiger partial charge < -0.3 is 33.5 Å². The summed E-state index contributed by atoms with van der Waals surface area (Å²) in [5.41, 5.74) is -2.75. The van der Waals surface area contributed by atoms with E-state index in [1.165, 1.54) is 13.8 Å². The topological polar surface area (TPSA) is 130 Å². The van der Waals surface area contributed by atoms with Crippen LogP contribution in [0.4, 0.5) is 0 Å². The van der Waals surface area contributed by atoms with Crippen LogP contribution in [-0.2, 0) is 42.8 Å². The smallest absolute Gasteiger partial charge is 0.309 e. The van der Waals surface area contributed by atoms with Crippen LogP contribution >= 0.6 is 0 Å². The third kappa shape index (κ3) is 4.41. The normalized spacial score (nSPS) is 47.2. The fraction of sp³-hybridized carbons (Fsp3) is 0.897. The second-order valence-corrected chi connectivity index (χ2v) is 12.8. The number of epoxide rings is 1. The van der Waals surface area contributed by atoms with Crippen molar-refractivity contribution in [1.29, 1.82) is 0 Å². The summed E-state index contributed by atoms with van der Waals surface area (Å²) < 4.78 is 36.4. The van der Waals surface area contributed by atoms with Gasteiger partial charge in [0.15, 0.2) is 12.4 Å². The first-order chi connectivity index (χ1) is 18.4. The minimum Gasteiger partial charge on any atom is -0.465 e. The van der Waals surface area contributed by atoms with Gasteiger partial charge >= 0.3 is 17.9 Å². The van der Waals surface area contributed by atoms with E-state index in [0.717, 1.165) is 12.8 Å². The molecule has 3 aliphatic heterocycles. The van der Waals surface area contributed by atoms with Crippen LogP contribution in [0.5, 0.6) is 0 Å². The highest BCUT2D eigenvalue weighted by atomic mass is 16.7. The van der Waals surface area contributed by atoms with Crippen LogP contribution in [0.3, 0.4) is 0 Å². The summed E-state index contributed by atoms with van der Waals surface area (Å²) in [6.45, 7) is 11.5. The molecule has 5 rings (SSSR count). The highest BCUT2D eigenvalue weighted by Gasteiger charge is 2.81. The van der Waals surface area contributed by atoms with E-state index in [0.29, 0.717) is 25.4 Å². The maximum atomic E-state index is 13.0. The van der Waals surface area contributed by atoms with Crippen molar-refractivity contribution in [2.24, 2.45) is 34.5 Å². The number of ether oxygens (including phenoxy) is 6. The predicted molar refractivity (Wildman–Crippen MR) is 136 cm³/mol. The predicted octanol–water partition coefficient (Wildman–Crippen LogP) is 2.77. The summed E-state index contributed by atoms with van der Waals surface area (Å²) in [6, 6.07) is 0. The molecule has 0 aromatic carbocycles. The van der Waals surface area contributed by atoms with Gasteiger partial charge in [-0.05, 0) is 43.9 Å². The van der Waals surface area contributed by atoms with Gasteiger partial charge in [-0.1, -0.05) is 27.7 Å². The van der Waals surface area contributed by atoms with Crippen LogP contribution in [0, 0.1) is 34.5 Å². The maximum Gasteiger partial charge on any atom is 0.309 e. The van der Waals surface area contributed by atoms with Crippen molar-refractivity contribution in [2.45, 2.75) is 110 Å². The summed E-state index contributed by atoms with van der Waals surface area (Å²) in [6.07, 6.45) is -0.0393. The Kier molecular flexibility index (Phi) is 7.57. The zero-order valence-corrected chi connectivity index (χ0v) is 24.0. The zero-order chi connectivity index (χ0) is 28.3. The van der Waals surface area contributed by atoms with E-state index in [4.69, 9.17) is 28.4 Å². The first kappa shape index (κ1) is 28.8. The van der Waals surface area contributed by atoms with Gasteiger partial charge in [-0.15, -0.1) is 0 Å². The number of hydrogen-bond donors (Lipinski definition) is 1. The van der Waals surface area contributed by atoms with Crippen LogP contribution in [0.1, 0.15) is 73.6 Å². The van der Waals surface area contributed by atoms with Gasteiger partial charge in [-0.25, -0.2) is 0 Å². The summed E-state index contributed by atoms with van der Waals surface area (Å²) >= 11 is 0. The second-order valence-electron chi connectivity index (χ2n) is 12.8. The Hall–Kier alpha value is -1.75. The zero-order valence-electron chi connectivity index (χ0n) is 24.0. The molecule has 3 saturated heterocycles. The minimum atomic E-state index is -1.18. The fourth-order valence-corrected chi connectivity index (χ4v) is 8.29. The Morgan fingerprint density at radius 1 is 1.10 bits per heavy atom. The highest BCUT2D eigenvalue weighted by molar-refractivity contribution is 5.72. The Bertz CT molecular complexity index is 967. The number of aliphatic hydroxyl groups excluding tert-OH is 1. The number of aliphatic hydroxyl groups is 1. The lowest BCUT2D eigenvalue weighted by Crippen LogP contribution is -2.74. The Labute approximate surface area is 230 Å². The molecule has 0 aromatic rings. The van der Waals surface area contributed by atoms with Crippen molar-refractivity contribution in [3.05, 3.63) is 0 Å². The molecule has 0 aromatic heterocycles. The van der Waals surface area contributed by atoms with E-state index in [1.807, 2.05) is 6.92 Å². The molecule has 10 nitrogen and oxygen atoms in total. The van der Waals surface area contributed by atoms with Gasteiger partial charge in [0, 0.05) is 25.2 Å². The van der Waals surface area contributed by atoms with E-state index >= 15 is 0 Å². The molecular formula is C29H44O10. The first-order valence-electron chi connectivity index (χ1n) is 14.5. The molecule has 1 spiro atoms. The van der Waals surface area contributed by atoms with Crippen molar-refractivity contribution in [3.63, 3.8) is 0 Å². The monoisotopic (exact) mass is 552 g/mol.